The van der Waals surface area contributed by atoms with Crippen LogP contribution in [0.3, 0.4) is 0 Å². The van der Waals surface area contributed by atoms with Gasteiger partial charge in [0.2, 0.25) is 5.88 Å². The van der Waals surface area contributed by atoms with Crippen LogP contribution in [-0.2, 0) is 23.9 Å². The van der Waals surface area contributed by atoms with E-state index in [0.717, 1.165) is 11.4 Å². The van der Waals surface area contributed by atoms with E-state index >= 15 is 0 Å². The second kappa shape index (κ2) is 9.35. The first kappa shape index (κ1) is 22.4. The summed E-state index contributed by atoms with van der Waals surface area (Å²) in [6, 6.07) is 7.11. The molecule has 4 rings (SSSR count). The minimum Gasteiger partial charge on any atom is -0.475 e. The third-order valence-electron chi connectivity index (χ3n) is 5.15. The number of rotatable bonds is 6. The molecule has 0 aliphatic carbocycles. The number of nitrogens with zero attached hydrogens (tertiary/aromatic N) is 4. The van der Waals surface area contributed by atoms with Gasteiger partial charge in [-0.15, -0.1) is 5.10 Å². The lowest BCUT2D eigenvalue weighted by Crippen LogP contribution is -2.52. The summed E-state index contributed by atoms with van der Waals surface area (Å²) in [6.07, 6.45) is -1.47. The van der Waals surface area contributed by atoms with Crippen molar-refractivity contribution in [3.8, 4) is 11.6 Å². The van der Waals surface area contributed by atoms with Gasteiger partial charge in [-0.25, -0.2) is 14.3 Å². The topological polar surface area (TPSA) is 103 Å². The van der Waals surface area contributed by atoms with Gasteiger partial charge in [-0.1, -0.05) is 23.2 Å². The largest absolute Gasteiger partial charge is 0.475 e. The van der Waals surface area contributed by atoms with Crippen LogP contribution in [0, 0.1) is 6.92 Å². The van der Waals surface area contributed by atoms with Gasteiger partial charge < -0.3 is 19.1 Å². The molecule has 1 amide bonds. The molecule has 0 saturated carbocycles. The Kier molecular flexibility index (Phi) is 6.54. The van der Waals surface area contributed by atoms with Gasteiger partial charge in [0.25, 0.3) is 0 Å². The van der Waals surface area contributed by atoms with Crippen LogP contribution in [0.1, 0.15) is 5.69 Å². The first-order valence-electron chi connectivity index (χ1n) is 9.89. The van der Waals surface area contributed by atoms with Gasteiger partial charge >= 0.3 is 24.1 Å². The number of aromatic nitrogens is 2. The Bertz CT molecular complexity index is 1030. The summed E-state index contributed by atoms with van der Waals surface area (Å²) in [4.78, 5) is 38.1. The van der Waals surface area contributed by atoms with Crippen molar-refractivity contribution in [2.75, 3.05) is 39.3 Å². The van der Waals surface area contributed by atoms with Crippen LogP contribution in [-0.4, -0.2) is 83.0 Å². The van der Waals surface area contributed by atoms with E-state index in [0.29, 0.717) is 55.3 Å². The van der Waals surface area contributed by atoms with E-state index < -0.39 is 24.1 Å². The molecule has 2 aromatic rings. The van der Waals surface area contributed by atoms with Gasteiger partial charge in [0.1, 0.15) is 6.61 Å². The van der Waals surface area contributed by atoms with Crippen molar-refractivity contribution >= 4 is 41.0 Å². The molecule has 0 N–H and O–H groups in total. The standard InChI is InChI=1S/C20H20Cl2N4O6/c1-12-10-16(23-26(12)13-2-3-14(21)15(22)11-13)30-9-8-24-4-6-25(7-5-24)17(27)20-31-18(28)19(29)32-20/h2-3,10-11,20H,4-9H2,1H3. The molecule has 1 aromatic carbocycles. The second-order valence-corrected chi connectivity index (χ2v) is 8.11. The smallest absolute Gasteiger partial charge is 0.421 e. The van der Waals surface area contributed by atoms with E-state index in [1.807, 2.05) is 19.1 Å². The number of esters is 2. The Morgan fingerprint density at radius 1 is 1.09 bits per heavy atom. The fourth-order valence-electron chi connectivity index (χ4n) is 3.43. The number of carbonyl (C=O) groups is 3. The van der Waals surface area contributed by atoms with Gasteiger partial charge in [-0.05, 0) is 25.1 Å². The van der Waals surface area contributed by atoms with Crippen molar-refractivity contribution in [1.82, 2.24) is 19.6 Å². The predicted molar refractivity (Wildman–Crippen MR) is 113 cm³/mol. The maximum absolute atomic E-state index is 12.3. The van der Waals surface area contributed by atoms with Crippen LogP contribution in [0.5, 0.6) is 5.88 Å². The fourth-order valence-corrected chi connectivity index (χ4v) is 3.72. The molecule has 3 heterocycles. The Morgan fingerprint density at radius 2 is 1.78 bits per heavy atom. The molecule has 170 valence electrons. The van der Waals surface area contributed by atoms with E-state index in [1.165, 1.54) is 4.90 Å². The van der Waals surface area contributed by atoms with Gasteiger partial charge in [-0.2, -0.15) is 0 Å². The Hall–Kier alpha value is -2.82. The summed E-state index contributed by atoms with van der Waals surface area (Å²) in [7, 11) is 0. The Labute approximate surface area is 193 Å². The number of hydrogen-bond donors (Lipinski definition) is 0. The van der Waals surface area contributed by atoms with E-state index in [9.17, 15) is 14.4 Å². The van der Waals surface area contributed by atoms with Crippen LogP contribution in [0.25, 0.3) is 5.69 Å². The highest BCUT2D eigenvalue weighted by Gasteiger charge is 2.41. The van der Waals surface area contributed by atoms with Crippen molar-refractivity contribution in [2.45, 2.75) is 13.2 Å². The molecular weight excluding hydrogens is 463 g/mol. The van der Waals surface area contributed by atoms with Crippen LogP contribution in [0.15, 0.2) is 24.3 Å². The molecule has 32 heavy (non-hydrogen) atoms. The minimum atomic E-state index is -1.47. The second-order valence-electron chi connectivity index (χ2n) is 7.29. The molecule has 10 nitrogen and oxygen atoms in total. The highest BCUT2D eigenvalue weighted by molar-refractivity contribution is 6.42. The van der Waals surface area contributed by atoms with E-state index in [2.05, 4.69) is 19.5 Å². The molecule has 0 atom stereocenters. The summed E-state index contributed by atoms with van der Waals surface area (Å²) in [5.74, 6) is -2.32. The minimum absolute atomic E-state index is 0.420. The lowest BCUT2D eigenvalue weighted by molar-refractivity contribution is -0.167. The number of benzene rings is 1. The number of piperazine rings is 1. The zero-order valence-electron chi connectivity index (χ0n) is 17.1. The lowest BCUT2D eigenvalue weighted by Gasteiger charge is -2.34. The monoisotopic (exact) mass is 482 g/mol. The molecule has 0 spiro atoms. The molecule has 0 radical (unpaired) electrons. The van der Waals surface area contributed by atoms with Gasteiger partial charge in [0, 0.05) is 44.5 Å². The molecule has 0 bridgehead atoms. The average Bonchev–Trinajstić information content (AvgIpc) is 3.31. The number of halogens is 2. The number of aryl methyl sites for hydroxylation is 1. The average molecular weight is 483 g/mol. The fraction of sp³-hybridized carbons (Fsp3) is 0.400. The third kappa shape index (κ3) is 4.82. The first-order valence-corrected chi connectivity index (χ1v) is 10.6. The molecule has 2 aliphatic heterocycles. The molecule has 12 heteroatoms. The van der Waals surface area contributed by atoms with E-state index in [-0.39, 0.29) is 0 Å². The first-order chi connectivity index (χ1) is 15.3. The van der Waals surface area contributed by atoms with Gasteiger partial charge in [0.15, 0.2) is 0 Å². The van der Waals surface area contributed by atoms with Crippen LogP contribution in [0.4, 0.5) is 0 Å². The maximum atomic E-state index is 12.3. The quantitative estimate of drug-likeness (QED) is 0.449. The van der Waals surface area contributed by atoms with Crippen LogP contribution >= 0.6 is 23.2 Å². The predicted octanol–water partition coefficient (Wildman–Crippen LogP) is 1.44. The summed E-state index contributed by atoms with van der Waals surface area (Å²) in [5, 5.41) is 5.39. The Morgan fingerprint density at radius 3 is 2.44 bits per heavy atom. The van der Waals surface area contributed by atoms with Crippen molar-refractivity contribution in [1.29, 1.82) is 0 Å². The highest BCUT2D eigenvalue weighted by Crippen LogP contribution is 2.26. The molecular formula is C20H20Cl2N4O6. The van der Waals surface area contributed by atoms with Crippen LogP contribution < -0.4 is 4.74 Å². The molecule has 2 aliphatic rings. The van der Waals surface area contributed by atoms with E-state index in [1.54, 1.807) is 16.8 Å². The van der Waals surface area contributed by atoms with Crippen molar-refractivity contribution < 1.29 is 28.6 Å². The van der Waals surface area contributed by atoms with Gasteiger partial charge in [-0.3, -0.25) is 9.69 Å². The maximum Gasteiger partial charge on any atom is 0.421 e. The number of ether oxygens (including phenoxy) is 3. The summed E-state index contributed by atoms with van der Waals surface area (Å²) in [6.45, 7) is 5.06. The number of amides is 1. The molecule has 2 fully saturated rings. The summed E-state index contributed by atoms with van der Waals surface area (Å²) in [5.41, 5.74) is 1.67. The van der Waals surface area contributed by atoms with E-state index in [4.69, 9.17) is 27.9 Å². The van der Waals surface area contributed by atoms with Gasteiger partial charge in [0.05, 0.1) is 15.7 Å². The number of carbonyl (C=O) groups excluding carboxylic acids is 3. The Balaban J connectivity index is 1.24. The zero-order chi connectivity index (χ0) is 22.8. The number of cyclic esters (lactones) is 2. The molecule has 2 saturated heterocycles. The third-order valence-corrected chi connectivity index (χ3v) is 5.89. The zero-order valence-corrected chi connectivity index (χ0v) is 18.6. The number of hydrogen-bond acceptors (Lipinski definition) is 8. The van der Waals surface area contributed by atoms with Crippen molar-refractivity contribution in [3.05, 3.63) is 40.0 Å². The highest BCUT2D eigenvalue weighted by atomic mass is 35.5. The lowest BCUT2D eigenvalue weighted by atomic mass is 10.3. The molecule has 0 unspecified atom stereocenters. The molecule has 1 aromatic heterocycles. The SMILES string of the molecule is Cc1cc(OCCN2CCN(C(=O)C3OC(=O)C(=O)O3)CC2)nn1-c1ccc(Cl)c(Cl)c1. The normalized spacial score (nSPS) is 17.4. The van der Waals surface area contributed by atoms with Crippen LogP contribution in [0.2, 0.25) is 10.0 Å². The van der Waals surface area contributed by atoms with Crippen molar-refractivity contribution in [2.24, 2.45) is 0 Å². The summed E-state index contributed by atoms with van der Waals surface area (Å²) < 4.78 is 16.8. The summed E-state index contributed by atoms with van der Waals surface area (Å²) >= 11 is 12.1. The van der Waals surface area contributed by atoms with Crippen molar-refractivity contribution in [3.63, 3.8) is 0 Å².